The van der Waals surface area contributed by atoms with Gasteiger partial charge in [-0.15, -0.1) is 0 Å². The van der Waals surface area contributed by atoms with Crippen LogP contribution in [-0.2, 0) is 9.53 Å². The van der Waals surface area contributed by atoms with Gasteiger partial charge in [0.25, 0.3) is 0 Å². The zero-order chi connectivity index (χ0) is 15.1. The molecule has 1 fully saturated rings. The molecule has 0 radical (unpaired) electrons. The minimum absolute atomic E-state index is 0.0777. The molecule has 0 atom stereocenters. The Labute approximate surface area is 126 Å². The zero-order valence-corrected chi connectivity index (χ0v) is 12.5. The summed E-state index contributed by atoms with van der Waals surface area (Å²) in [6.45, 7) is 4.67. The number of hydrogen-bond donors (Lipinski definition) is 0. The molecule has 2 heteroatoms. The van der Waals surface area contributed by atoms with E-state index in [1.54, 1.807) is 0 Å². The van der Waals surface area contributed by atoms with Gasteiger partial charge in [0.05, 0.1) is 13.2 Å². The van der Waals surface area contributed by atoms with Crippen LogP contribution in [0.1, 0.15) is 19.4 Å². The maximum atomic E-state index is 12.5. The molecule has 1 aromatic rings. The summed E-state index contributed by atoms with van der Waals surface area (Å²) in [6.07, 6.45) is 9.73. The number of carbonyl (C=O) groups is 1. The van der Waals surface area contributed by atoms with Crippen molar-refractivity contribution in [1.29, 1.82) is 0 Å². The van der Waals surface area contributed by atoms with E-state index in [1.807, 2.05) is 74.6 Å². The van der Waals surface area contributed by atoms with Crippen LogP contribution in [0.15, 0.2) is 71.4 Å². The van der Waals surface area contributed by atoms with Gasteiger partial charge >= 0.3 is 0 Å². The highest BCUT2D eigenvalue weighted by Crippen LogP contribution is 2.19. The lowest BCUT2D eigenvalue weighted by Crippen LogP contribution is -2.22. The highest BCUT2D eigenvalue weighted by molar-refractivity contribution is 6.12. The van der Waals surface area contributed by atoms with Gasteiger partial charge in [0.15, 0.2) is 5.78 Å². The molecule has 1 aliphatic rings. The summed E-state index contributed by atoms with van der Waals surface area (Å²) in [4.78, 5) is 12.5. The predicted octanol–water partition coefficient (Wildman–Crippen LogP) is 4.12. The number of benzene rings is 1. The van der Waals surface area contributed by atoms with Crippen molar-refractivity contribution in [3.8, 4) is 0 Å². The van der Waals surface area contributed by atoms with Crippen LogP contribution in [-0.4, -0.2) is 19.0 Å². The fourth-order valence-electron chi connectivity index (χ4n) is 2.19. The van der Waals surface area contributed by atoms with Crippen molar-refractivity contribution in [2.24, 2.45) is 0 Å². The van der Waals surface area contributed by atoms with Crippen molar-refractivity contribution in [1.82, 2.24) is 0 Å². The lowest BCUT2D eigenvalue weighted by molar-refractivity contribution is -0.114. The molecule has 1 saturated heterocycles. The van der Waals surface area contributed by atoms with Crippen LogP contribution in [0.3, 0.4) is 0 Å². The first kappa shape index (κ1) is 15.2. The maximum absolute atomic E-state index is 12.5. The third kappa shape index (κ3) is 4.14. The summed E-state index contributed by atoms with van der Waals surface area (Å²) in [5, 5.41) is 0. The Kier molecular flexibility index (Phi) is 5.47. The van der Waals surface area contributed by atoms with E-state index in [9.17, 15) is 4.79 Å². The fourth-order valence-corrected chi connectivity index (χ4v) is 2.19. The molecule has 0 bridgehead atoms. The number of carbonyl (C=O) groups excluding carboxylic acids is 1. The number of hydrogen-bond acceptors (Lipinski definition) is 2. The molecular weight excluding hydrogens is 260 g/mol. The monoisotopic (exact) mass is 280 g/mol. The van der Waals surface area contributed by atoms with Gasteiger partial charge in [0.2, 0.25) is 0 Å². The van der Waals surface area contributed by atoms with E-state index >= 15 is 0 Å². The maximum Gasteiger partial charge on any atom is 0.189 e. The van der Waals surface area contributed by atoms with Gasteiger partial charge in [0.1, 0.15) is 0 Å². The number of ketones is 1. The standard InChI is InChI=1S/C19H20O2/c1-3-8-15(4-2)11-17-13-21-14-18(19(17)20)12-16-9-6-5-7-10-16/h3-12H,13-14H2,1-2H3/b8-3-,15-4+,17-11+,18-12+. The topological polar surface area (TPSA) is 26.3 Å². The summed E-state index contributed by atoms with van der Waals surface area (Å²) >= 11 is 0. The Morgan fingerprint density at radius 1 is 1.10 bits per heavy atom. The van der Waals surface area contributed by atoms with Gasteiger partial charge in [-0.3, -0.25) is 4.79 Å². The van der Waals surface area contributed by atoms with Crippen molar-refractivity contribution >= 4 is 11.9 Å². The Balaban J connectivity index is 2.26. The van der Waals surface area contributed by atoms with Gasteiger partial charge in [0, 0.05) is 11.1 Å². The molecule has 0 aromatic heterocycles. The number of Topliss-reactive ketones (excluding diaryl/α,β-unsaturated/α-hetero) is 1. The molecule has 21 heavy (non-hydrogen) atoms. The Morgan fingerprint density at radius 2 is 1.81 bits per heavy atom. The Morgan fingerprint density at radius 3 is 2.48 bits per heavy atom. The molecule has 2 nitrogen and oxygen atoms in total. The lowest BCUT2D eigenvalue weighted by atomic mass is 9.98. The van der Waals surface area contributed by atoms with Crippen LogP contribution in [0.25, 0.3) is 6.08 Å². The van der Waals surface area contributed by atoms with Crippen molar-refractivity contribution in [2.75, 3.05) is 13.2 Å². The SMILES string of the molecule is C\C=C/C(=C\C)/C=C1\COC/C(=C\c2ccccc2)C1=O. The van der Waals surface area contributed by atoms with Crippen LogP contribution in [0.5, 0.6) is 0 Å². The van der Waals surface area contributed by atoms with E-state index in [0.29, 0.717) is 24.4 Å². The molecular formula is C19H20O2. The Hall–Kier alpha value is -2.19. The summed E-state index contributed by atoms with van der Waals surface area (Å²) in [6, 6.07) is 9.84. The first-order valence-electron chi connectivity index (χ1n) is 7.12. The highest BCUT2D eigenvalue weighted by Gasteiger charge is 2.21. The quantitative estimate of drug-likeness (QED) is 0.615. The second-order valence-electron chi connectivity index (χ2n) is 4.86. The van der Waals surface area contributed by atoms with Crippen molar-refractivity contribution < 1.29 is 9.53 Å². The minimum atomic E-state index is 0.0777. The van der Waals surface area contributed by atoms with Crippen molar-refractivity contribution in [3.05, 3.63) is 76.9 Å². The van der Waals surface area contributed by atoms with Crippen LogP contribution < -0.4 is 0 Å². The molecule has 0 aliphatic carbocycles. The molecule has 2 rings (SSSR count). The zero-order valence-electron chi connectivity index (χ0n) is 12.5. The second kappa shape index (κ2) is 7.55. The number of rotatable bonds is 3. The molecule has 0 amide bonds. The van der Waals surface area contributed by atoms with Crippen LogP contribution in [0.2, 0.25) is 0 Å². The molecule has 1 heterocycles. The van der Waals surface area contributed by atoms with Crippen molar-refractivity contribution in [3.63, 3.8) is 0 Å². The van der Waals surface area contributed by atoms with E-state index in [0.717, 1.165) is 11.1 Å². The molecule has 0 spiro atoms. The predicted molar refractivity (Wildman–Crippen MR) is 86.9 cm³/mol. The van der Waals surface area contributed by atoms with E-state index in [1.165, 1.54) is 0 Å². The number of allylic oxidation sites excluding steroid dienone is 5. The average molecular weight is 280 g/mol. The highest BCUT2D eigenvalue weighted by atomic mass is 16.5. The third-order valence-electron chi connectivity index (χ3n) is 3.27. The largest absolute Gasteiger partial charge is 0.372 e. The van der Waals surface area contributed by atoms with Crippen LogP contribution in [0, 0.1) is 0 Å². The molecule has 0 N–H and O–H groups in total. The van der Waals surface area contributed by atoms with Gasteiger partial charge in [-0.25, -0.2) is 0 Å². The lowest BCUT2D eigenvalue weighted by Gasteiger charge is -2.17. The van der Waals surface area contributed by atoms with E-state index in [4.69, 9.17) is 4.74 Å². The van der Waals surface area contributed by atoms with E-state index in [2.05, 4.69) is 0 Å². The van der Waals surface area contributed by atoms with Gasteiger partial charge in [-0.2, -0.15) is 0 Å². The molecule has 108 valence electrons. The Bertz CT molecular complexity index is 616. The summed E-state index contributed by atoms with van der Waals surface area (Å²) in [5.41, 5.74) is 3.44. The summed E-state index contributed by atoms with van der Waals surface area (Å²) in [7, 11) is 0. The van der Waals surface area contributed by atoms with Crippen LogP contribution in [0.4, 0.5) is 0 Å². The van der Waals surface area contributed by atoms with Gasteiger partial charge < -0.3 is 4.74 Å². The average Bonchev–Trinajstić information content (AvgIpc) is 2.51. The first-order valence-corrected chi connectivity index (χ1v) is 7.12. The molecule has 0 saturated carbocycles. The third-order valence-corrected chi connectivity index (χ3v) is 3.27. The van der Waals surface area contributed by atoms with E-state index < -0.39 is 0 Å². The van der Waals surface area contributed by atoms with Crippen molar-refractivity contribution in [2.45, 2.75) is 13.8 Å². The number of ether oxygens (including phenoxy) is 1. The minimum Gasteiger partial charge on any atom is -0.372 e. The molecule has 0 unspecified atom stereocenters. The summed E-state index contributed by atoms with van der Waals surface area (Å²) < 4.78 is 5.55. The smallest absolute Gasteiger partial charge is 0.189 e. The van der Waals surface area contributed by atoms with Crippen LogP contribution >= 0.6 is 0 Å². The second-order valence-corrected chi connectivity index (χ2v) is 4.86. The van der Waals surface area contributed by atoms with Gasteiger partial charge in [-0.05, 0) is 37.1 Å². The first-order chi connectivity index (χ1) is 10.2. The van der Waals surface area contributed by atoms with Gasteiger partial charge in [-0.1, -0.05) is 48.6 Å². The fraction of sp³-hybridized carbons (Fsp3) is 0.211. The molecule has 1 aliphatic heterocycles. The normalized spacial score (nSPS) is 20.7. The van der Waals surface area contributed by atoms with E-state index in [-0.39, 0.29) is 5.78 Å². The summed E-state index contributed by atoms with van der Waals surface area (Å²) in [5.74, 6) is 0.0777. The molecule has 1 aromatic carbocycles.